The van der Waals surface area contributed by atoms with Crippen molar-refractivity contribution in [3.05, 3.63) is 89.6 Å². The van der Waals surface area contributed by atoms with E-state index in [0.29, 0.717) is 23.5 Å². The van der Waals surface area contributed by atoms with Gasteiger partial charge in [0.05, 0.1) is 7.11 Å². The molecule has 1 saturated heterocycles. The fourth-order valence-electron chi connectivity index (χ4n) is 5.01. The summed E-state index contributed by atoms with van der Waals surface area (Å²) in [6.07, 6.45) is 1.48. The maximum absolute atomic E-state index is 13.4. The van der Waals surface area contributed by atoms with Crippen molar-refractivity contribution in [2.24, 2.45) is 0 Å². The molecule has 0 radical (unpaired) electrons. The summed E-state index contributed by atoms with van der Waals surface area (Å²) in [5, 5.41) is 6.26. The van der Waals surface area contributed by atoms with Crippen molar-refractivity contribution >= 4 is 28.9 Å². The minimum atomic E-state index is -0.362. The summed E-state index contributed by atoms with van der Waals surface area (Å²) < 4.78 is 11.5. The highest BCUT2D eigenvalue weighted by Crippen LogP contribution is 2.29. The summed E-state index contributed by atoms with van der Waals surface area (Å²) in [7, 11) is 1.59. The fourth-order valence-corrected chi connectivity index (χ4v) is 5.01. The fraction of sp³-hybridized carbons (Fsp3) is 0.303. The molecule has 9 heteroatoms. The molecule has 42 heavy (non-hydrogen) atoms. The van der Waals surface area contributed by atoms with E-state index in [4.69, 9.17) is 9.47 Å². The molecule has 0 spiro atoms. The highest BCUT2D eigenvalue weighted by molar-refractivity contribution is 6.06. The van der Waals surface area contributed by atoms with E-state index in [9.17, 15) is 4.79 Å². The Labute approximate surface area is 247 Å². The first kappa shape index (κ1) is 28.9. The van der Waals surface area contributed by atoms with Crippen molar-refractivity contribution in [1.82, 2.24) is 14.9 Å². The van der Waals surface area contributed by atoms with Crippen LogP contribution in [0.2, 0.25) is 0 Å². The number of carbonyl (C=O) groups excluding carboxylic acids is 1. The van der Waals surface area contributed by atoms with E-state index >= 15 is 0 Å². The molecule has 1 aliphatic rings. The van der Waals surface area contributed by atoms with Gasteiger partial charge in [0.25, 0.3) is 5.91 Å². The largest absolute Gasteiger partial charge is 0.497 e. The van der Waals surface area contributed by atoms with Gasteiger partial charge < -0.3 is 25.0 Å². The number of aryl methyl sites for hydroxylation is 2. The Morgan fingerprint density at radius 1 is 0.905 bits per heavy atom. The Bertz CT molecular complexity index is 1510. The molecule has 218 valence electrons. The van der Waals surface area contributed by atoms with E-state index in [0.717, 1.165) is 48.7 Å². The molecule has 1 aromatic heterocycles. The molecule has 1 amide bonds. The number of rotatable bonds is 9. The third kappa shape index (κ3) is 6.80. The highest BCUT2D eigenvalue weighted by Gasteiger charge is 2.21. The number of nitrogens with one attached hydrogen (secondary N) is 2. The average molecular weight is 567 g/mol. The van der Waals surface area contributed by atoms with Gasteiger partial charge in [-0.15, -0.1) is 0 Å². The third-order valence-electron chi connectivity index (χ3n) is 7.51. The first-order chi connectivity index (χ1) is 20.3. The highest BCUT2D eigenvalue weighted by atomic mass is 16.5. The Morgan fingerprint density at radius 3 is 2.24 bits per heavy atom. The van der Waals surface area contributed by atoms with Gasteiger partial charge >= 0.3 is 0 Å². The summed E-state index contributed by atoms with van der Waals surface area (Å²) >= 11 is 0. The van der Waals surface area contributed by atoms with Crippen LogP contribution in [-0.4, -0.2) is 60.1 Å². The number of carbonyl (C=O) groups is 1. The lowest BCUT2D eigenvalue weighted by atomic mass is 10.1. The summed E-state index contributed by atoms with van der Waals surface area (Å²) in [6, 6.07) is 21.8. The number of amides is 1. The molecule has 0 atom stereocenters. The SMILES string of the molecule is COc1cccc(Oc2nc(Nc3ccc(N4CCN(C(C)C)CC4)cc3)ncc2C(=O)Nc2c(C)cccc2C)c1. The van der Waals surface area contributed by atoms with Crippen LogP contribution in [0, 0.1) is 13.8 Å². The van der Waals surface area contributed by atoms with Crippen LogP contribution < -0.4 is 25.0 Å². The van der Waals surface area contributed by atoms with Crippen LogP contribution >= 0.6 is 0 Å². The number of ether oxygens (including phenoxy) is 2. The number of aromatic nitrogens is 2. The van der Waals surface area contributed by atoms with Crippen LogP contribution in [0.3, 0.4) is 0 Å². The number of anilines is 4. The van der Waals surface area contributed by atoms with Crippen molar-refractivity contribution in [3.63, 3.8) is 0 Å². The summed E-state index contributed by atoms with van der Waals surface area (Å²) in [6.45, 7) is 12.5. The van der Waals surface area contributed by atoms with Gasteiger partial charge in [-0.1, -0.05) is 24.3 Å². The lowest BCUT2D eigenvalue weighted by Gasteiger charge is -2.38. The second-order valence-electron chi connectivity index (χ2n) is 10.7. The maximum atomic E-state index is 13.4. The van der Waals surface area contributed by atoms with E-state index in [1.807, 2.05) is 56.3 Å². The molecule has 4 aromatic rings. The summed E-state index contributed by atoms with van der Waals surface area (Å²) in [4.78, 5) is 27.4. The zero-order chi connectivity index (χ0) is 29.6. The number of nitrogens with zero attached hydrogens (tertiary/aromatic N) is 4. The number of hydrogen-bond acceptors (Lipinski definition) is 8. The topological polar surface area (TPSA) is 91.9 Å². The molecule has 0 bridgehead atoms. The van der Waals surface area contributed by atoms with Gasteiger partial charge in [-0.25, -0.2) is 4.98 Å². The van der Waals surface area contributed by atoms with Crippen molar-refractivity contribution in [1.29, 1.82) is 0 Å². The van der Waals surface area contributed by atoms with E-state index in [1.165, 1.54) is 11.9 Å². The second-order valence-corrected chi connectivity index (χ2v) is 10.7. The van der Waals surface area contributed by atoms with Gasteiger partial charge in [-0.05, 0) is 75.2 Å². The van der Waals surface area contributed by atoms with Crippen LogP contribution in [0.25, 0.3) is 0 Å². The number of benzene rings is 3. The van der Waals surface area contributed by atoms with E-state index in [2.05, 4.69) is 56.4 Å². The van der Waals surface area contributed by atoms with Crippen LogP contribution in [0.5, 0.6) is 17.4 Å². The Balaban J connectivity index is 1.37. The smallest absolute Gasteiger partial charge is 0.262 e. The second kappa shape index (κ2) is 12.9. The quantitative estimate of drug-likeness (QED) is 0.240. The van der Waals surface area contributed by atoms with Gasteiger partial charge in [0, 0.05) is 61.5 Å². The van der Waals surface area contributed by atoms with Crippen LogP contribution in [-0.2, 0) is 0 Å². The molecule has 0 unspecified atom stereocenters. The molecular weight excluding hydrogens is 528 g/mol. The molecule has 3 aromatic carbocycles. The molecule has 0 saturated carbocycles. The minimum Gasteiger partial charge on any atom is -0.497 e. The van der Waals surface area contributed by atoms with Gasteiger partial charge in [0.2, 0.25) is 11.8 Å². The number of piperazine rings is 1. The monoisotopic (exact) mass is 566 g/mol. The van der Waals surface area contributed by atoms with Crippen molar-refractivity contribution in [3.8, 4) is 17.4 Å². The lowest BCUT2D eigenvalue weighted by Crippen LogP contribution is -2.48. The standard InChI is InChI=1S/C33H38N6O3/c1-22(2)38-16-18-39(19-17-38)26-14-12-25(13-15-26)35-33-34-21-29(31(40)36-30-23(3)8-6-9-24(30)4)32(37-33)42-28-11-7-10-27(20-28)41-5/h6-15,20-22H,16-19H2,1-5H3,(H,36,40)(H,34,35,37). The van der Waals surface area contributed by atoms with E-state index in [-0.39, 0.29) is 17.4 Å². The molecule has 0 aliphatic carbocycles. The van der Waals surface area contributed by atoms with Gasteiger partial charge in [0.15, 0.2) is 0 Å². The molecule has 5 rings (SSSR count). The van der Waals surface area contributed by atoms with E-state index in [1.54, 1.807) is 19.2 Å². The molecule has 2 heterocycles. The van der Waals surface area contributed by atoms with Crippen LogP contribution in [0.15, 0.2) is 72.9 Å². The first-order valence-corrected chi connectivity index (χ1v) is 14.2. The van der Waals surface area contributed by atoms with Crippen molar-refractivity contribution < 1.29 is 14.3 Å². The molecule has 1 fully saturated rings. The Morgan fingerprint density at radius 2 is 1.57 bits per heavy atom. The molecule has 9 nitrogen and oxygen atoms in total. The summed E-state index contributed by atoms with van der Waals surface area (Å²) in [5.74, 6) is 1.20. The van der Waals surface area contributed by atoms with Gasteiger partial charge in [-0.3, -0.25) is 9.69 Å². The number of para-hydroxylation sites is 1. The molecule has 1 aliphatic heterocycles. The van der Waals surface area contributed by atoms with Crippen LogP contribution in [0.4, 0.5) is 23.0 Å². The molecule has 2 N–H and O–H groups in total. The summed E-state index contributed by atoms with van der Waals surface area (Å²) in [5.41, 5.74) is 4.90. The lowest BCUT2D eigenvalue weighted by molar-refractivity contribution is 0.102. The molecular formula is C33H38N6O3. The average Bonchev–Trinajstić information content (AvgIpc) is 3.00. The minimum absolute atomic E-state index is 0.129. The zero-order valence-corrected chi connectivity index (χ0v) is 24.8. The zero-order valence-electron chi connectivity index (χ0n) is 24.8. The number of hydrogen-bond donors (Lipinski definition) is 2. The van der Waals surface area contributed by atoms with Crippen LogP contribution in [0.1, 0.15) is 35.3 Å². The van der Waals surface area contributed by atoms with Gasteiger partial charge in [-0.2, -0.15) is 4.98 Å². The maximum Gasteiger partial charge on any atom is 0.262 e. The normalized spacial score (nSPS) is 13.6. The van der Waals surface area contributed by atoms with E-state index < -0.39 is 0 Å². The first-order valence-electron chi connectivity index (χ1n) is 14.2. The third-order valence-corrected chi connectivity index (χ3v) is 7.51. The van der Waals surface area contributed by atoms with Crippen molar-refractivity contribution in [2.75, 3.05) is 48.8 Å². The van der Waals surface area contributed by atoms with Gasteiger partial charge in [0.1, 0.15) is 17.1 Å². The van der Waals surface area contributed by atoms with Crippen molar-refractivity contribution in [2.45, 2.75) is 33.7 Å². The number of methoxy groups -OCH3 is 1. The predicted molar refractivity (Wildman–Crippen MR) is 168 cm³/mol. The predicted octanol–water partition coefficient (Wildman–Crippen LogP) is 6.42. The Hall–Kier alpha value is -4.63. The Kier molecular flexibility index (Phi) is 8.88.